The molecule has 0 saturated carbocycles. The number of alkyl halides is 2. The summed E-state index contributed by atoms with van der Waals surface area (Å²) in [5.74, 6) is -4.48. The third-order valence-corrected chi connectivity index (χ3v) is 2.43. The summed E-state index contributed by atoms with van der Waals surface area (Å²) in [4.78, 5) is 19.3. The van der Waals surface area contributed by atoms with E-state index < -0.39 is 43.1 Å². The molecule has 0 aliphatic rings. The molecule has 0 spiro atoms. The van der Waals surface area contributed by atoms with Crippen LogP contribution in [0.1, 0.15) is 0 Å². The molecule has 0 atom stereocenters. The second-order valence-corrected chi connectivity index (χ2v) is 5.46. The van der Waals surface area contributed by atoms with Crippen LogP contribution in [0.5, 0.6) is 0 Å². The van der Waals surface area contributed by atoms with E-state index in [4.69, 9.17) is 9.11 Å². The number of primary amides is 2. The average molecular weight is 314 g/mol. The lowest BCUT2D eigenvalue weighted by atomic mass is 10.7. The molecule has 0 aromatic heterocycles. The van der Waals surface area contributed by atoms with Gasteiger partial charge in [-0.3, -0.25) is 18.7 Å². The number of nitrogens with two attached hydrogens (primary N) is 2. The van der Waals surface area contributed by atoms with E-state index in [-0.39, 0.29) is 0 Å². The third-order valence-electron chi connectivity index (χ3n) is 0.935. The van der Waals surface area contributed by atoms with Crippen LogP contribution < -0.4 is 11.5 Å². The normalized spacial score (nSPS) is 12.2. The smallest absolute Gasteiger partial charge is 0.369 e. The Balaban J connectivity index is 0. The van der Waals surface area contributed by atoms with Crippen LogP contribution in [0.25, 0.3) is 0 Å². The predicted octanol–water partition coefficient (Wildman–Crippen LogP) is -2.69. The van der Waals surface area contributed by atoms with Crippen LogP contribution >= 0.6 is 0 Å². The van der Waals surface area contributed by atoms with Gasteiger partial charge < -0.3 is 11.5 Å². The highest BCUT2D eigenvalue weighted by atomic mass is 32.2. The monoisotopic (exact) mass is 314 g/mol. The molecular weight excluding hydrogens is 306 g/mol. The van der Waals surface area contributed by atoms with E-state index >= 15 is 0 Å². The molecular formula is C4H8F2N2O8S2. The highest BCUT2D eigenvalue weighted by Gasteiger charge is 2.50. The van der Waals surface area contributed by atoms with Gasteiger partial charge in [0.15, 0.2) is 5.75 Å². The summed E-state index contributed by atoms with van der Waals surface area (Å²) in [6.45, 7) is 0. The molecule has 0 radical (unpaired) electrons. The number of hydrogen-bond donors (Lipinski definition) is 4. The summed E-state index contributed by atoms with van der Waals surface area (Å²) in [7, 11) is -9.91. The van der Waals surface area contributed by atoms with Crippen molar-refractivity contribution in [1.82, 2.24) is 0 Å². The van der Waals surface area contributed by atoms with Crippen LogP contribution in [0, 0.1) is 0 Å². The van der Waals surface area contributed by atoms with Crippen LogP contribution in [-0.4, -0.2) is 48.8 Å². The maximum Gasteiger partial charge on any atom is 0.446 e. The molecule has 6 N–H and O–H groups in total. The molecule has 0 aromatic rings. The molecule has 2 amide bonds. The average Bonchev–Trinajstić information content (AvgIpc) is 1.96. The lowest BCUT2D eigenvalue weighted by Gasteiger charge is -2.06. The minimum Gasteiger partial charge on any atom is -0.369 e. The Morgan fingerprint density at radius 2 is 1.39 bits per heavy atom. The Bertz CT molecular complexity index is 523. The van der Waals surface area contributed by atoms with Crippen molar-refractivity contribution < 1.29 is 44.3 Å². The van der Waals surface area contributed by atoms with E-state index in [9.17, 15) is 35.2 Å². The summed E-state index contributed by atoms with van der Waals surface area (Å²) in [5, 5.41) is -4.90. The lowest BCUT2D eigenvalue weighted by Crippen LogP contribution is -2.42. The van der Waals surface area contributed by atoms with Gasteiger partial charge in [-0.1, -0.05) is 0 Å². The maximum atomic E-state index is 11.7. The van der Waals surface area contributed by atoms with Gasteiger partial charge in [0.25, 0.3) is 10.1 Å². The highest BCUT2D eigenvalue weighted by molar-refractivity contribution is 7.87. The Labute approximate surface area is 99.4 Å². The van der Waals surface area contributed by atoms with Gasteiger partial charge in [0.05, 0.1) is 0 Å². The molecule has 0 fully saturated rings. The molecule has 0 aliphatic heterocycles. The Kier molecular flexibility index (Phi) is 6.31. The van der Waals surface area contributed by atoms with Crippen molar-refractivity contribution in [3.05, 3.63) is 0 Å². The van der Waals surface area contributed by atoms with Crippen molar-refractivity contribution in [1.29, 1.82) is 0 Å². The minimum absolute atomic E-state index is 1.01. The van der Waals surface area contributed by atoms with Crippen LogP contribution in [-0.2, 0) is 29.8 Å². The van der Waals surface area contributed by atoms with E-state index in [0.29, 0.717) is 0 Å². The summed E-state index contributed by atoms with van der Waals surface area (Å²) in [6, 6.07) is 0. The van der Waals surface area contributed by atoms with E-state index in [2.05, 4.69) is 11.5 Å². The summed E-state index contributed by atoms with van der Waals surface area (Å²) >= 11 is 0. The van der Waals surface area contributed by atoms with Crippen LogP contribution in [0.15, 0.2) is 0 Å². The quantitative estimate of drug-likeness (QED) is 0.402. The first-order valence-electron chi connectivity index (χ1n) is 3.49. The molecule has 0 heterocycles. The highest BCUT2D eigenvalue weighted by Crippen LogP contribution is 2.18. The van der Waals surface area contributed by atoms with Gasteiger partial charge in [-0.2, -0.15) is 25.6 Å². The second-order valence-electron chi connectivity index (χ2n) is 2.55. The second kappa shape index (κ2) is 5.98. The molecule has 0 saturated heterocycles. The zero-order valence-corrected chi connectivity index (χ0v) is 9.91. The predicted molar refractivity (Wildman–Crippen MR) is 51.3 cm³/mol. The van der Waals surface area contributed by atoms with Crippen molar-refractivity contribution in [2.24, 2.45) is 11.5 Å². The molecule has 10 nitrogen and oxygen atoms in total. The van der Waals surface area contributed by atoms with Gasteiger partial charge >= 0.3 is 21.3 Å². The molecule has 0 aliphatic carbocycles. The summed E-state index contributed by atoms with van der Waals surface area (Å²) in [6.07, 6.45) is 0. The molecule has 0 bridgehead atoms. The van der Waals surface area contributed by atoms with Gasteiger partial charge in [-0.05, 0) is 0 Å². The van der Waals surface area contributed by atoms with Crippen molar-refractivity contribution in [2.45, 2.75) is 5.25 Å². The van der Waals surface area contributed by atoms with Crippen molar-refractivity contribution in [3.63, 3.8) is 0 Å². The van der Waals surface area contributed by atoms with Gasteiger partial charge in [0.1, 0.15) is 0 Å². The van der Waals surface area contributed by atoms with E-state index in [1.807, 2.05) is 0 Å². The first-order valence-corrected chi connectivity index (χ1v) is 6.54. The fourth-order valence-electron chi connectivity index (χ4n) is 0.307. The molecule has 0 rings (SSSR count). The molecule has 108 valence electrons. The summed E-state index contributed by atoms with van der Waals surface area (Å²) < 4.78 is 77.6. The van der Waals surface area contributed by atoms with Crippen LogP contribution in [0.3, 0.4) is 0 Å². The van der Waals surface area contributed by atoms with Crippen LogP contribution in [0.4, 0.5) is 8.78 Å². The number of rotatable bonds is 4. The number of carbonyl (C=O) groups is 2. The van der Waals surface area contributed by atoms with E-state index in [1.54, 1.807) is 0 Å². The van der Waals surface area contributed by atoms with Crippen molar-refractivity contribution in [2.75, 3.05) is 5.75 Å². The third kappa shape index (κ3) is 7.82. The van der Waals surface area contributed by atoms with E-state index in [1.165, 1.54) is 0 Å². The summed E-state index contributed by atoms with van der Waals surface area (Å²) in [5.41, 5.74) is 8.33. The van der Waals surface area contributed by atoms with Crippen LogP contribution in [0.2, 0.25) is 0 Å². The van der Waals surface area contributed by atoms with Crippen molar-refractivity contribution >= 4 is 32.1 Å². The SMILES string of the molecule is NC(=O)C(F)(F)S(=O)(=O)O.NC(=O)CS(=O)(=O)O. The Morgan fingerprint density at radius 3 is 1.39 bits per heavy atom. The standard InChI is InChI=1S/C2H3F2NO4S.C2H5NO4S/c3-2(4,1(5)6)10(7,8)9;3-2(4)1-8(5,6)7/h(H2,5,6)(H,7,8,9);1H2,(H2,3,4)(H,5,6,7). The Hall–Kier alpha value is -1.38. The van der Waals surface area contributed by atoms with Gasteiger partial charge in [-0.15, -0.1) is 0 Å². The first kappa shape index (κ1) is 19.0. The largest absolute Gasteiger partial charge is 0.446 e. The maximum absolute atomic E-state index is 11.7. The number of hydrogen-bond acceptors (Lipinski definition) is 6. The van der Waals surface area contributed by atoms with Crippen molar-refractivity contribution in [3.8, 4) is 0 Å². The van der Waals surface area contributed by atoms with E-state index in [0.717, 1.165) is 0 Å². The fourth-order valence-corrected chi connectivity index (χ4v) is 0.921. The van der Waals surface area contributed by atoms with Gasteiger partial charge in [0, 0.05) is 0 Å². The number of amides is 2. The molecule has 0 unspecified atom stereocenters. The topological polar surface area (TPSA) is 195 Å². The lowest BCUT2D eigenvalue weighted by molar-refractivity contribution is -0.132. The fraction of sp³-hybridized carbons (Fsp3) is 0.500. The molecule has 14 heteroatoms. The zero-order valence-electron chi connectivity index (χ0n) is 8.28. The Morgan fingerprint density at radius 1 is 1.06 bits per heavy atom. The zero-order chi connectivity index (χ0) is 15.4. The number of carbonyl (C=O) groups excluding carboxylic acids is 2. The van der Waals surface area contributed by atoms with Gasteiger partial charge in [0.2, 0.25) is 5.91 Å². The molecule has 0 aromatic carbocycles. The number of halogens is 2. The minimum atomic E-state index is -5.71. The van der Waals surface area contributed by atoms with Gasteiger partial charge in [-0.25, -0.2) is 0 Å². The molecule has 18 heavy (non-hydrogen) atoms. The first-order chi connectivity index (χ1) is 7.61.